The van der Waals surface area contributed by atoms with Crippen molar-refractivity contribution in [3.8, 4) is 11.1 Å². The molecule has 0 bridgehead atoms. The van der Waals surface area contributed by atoms with Crippen molar-refractivity contribution >= 4 is 34.4 Å². The van der Waals surface area contributed by atoms with Crippen LogP contribution in [0.15, 0.2) is 47.4 Å². The van der Waals surface area contributed by atoms with Gasteiger partial charge in [0.05, 0.1) is 5.52 Å². The molecule has 106 valence electrons. The average Bonchev–Trinajstić information content (AvgIpc) is 2.53. The van der Waals surface area contributed by atoms with Crippen LogP contribution in [0.2, 0.25) is 0 Å². The molecule has 0 fully saturated rings. The molecule has 2 aromatic carbocycles. The maximum Gasteiger partial charge on any atom is 0.222 e. The molecule has 0 saturated heterocycles. The van der Waals surface area contributed by atoms with E-state index in [9.17, 15) is 0 Å². The highest BCUT2D eigenvalue weighted by molar-refractivity contribution is 7.98. The highest BCUT2D eigenvalue weighted by Crippen LogP contribution is 2.29. The highest BCUT2D eigenvalue weighted by Gasteiger charge is 2.07. The molecule has 1 aromatic heterocycles. The van der Waals surface area contributed by atoms with Gasteiger partial charge in [-0.15, -0.1) is 11.8 Å². The van der Waals surface area contributed by atoms with E-state index in [1.54, 1.807) is 11.8 Å². The highest BCUT2D eigenvalue weighted by atomic mass is 32.2. The van der Waals surface area contributed by atoms with Crippen LogP contribution in [0.1, 0.15) is 0 Å². The molecule has 0 amide bonds. The summed E-state index contributed by atoms with van der Waals surface area (Å²) in [4.78, 5) is 9.78. The molecular weight excluding hydrogens is 280 g/mol. The number of nitrogen functional groups attached to an aromatic ring is 1. The molecule has 0 radical (unpaired) electrons. The first-order valence-corrected chi connectivity index (χ1v) is 7.83. The normalized spacial score (nSPS) is 10.8. The number of fused-ring (bicyclic) bond motifs is 1. The van der Waals surface area contributed by atoms with E-state index in [4.69, 9.17) is 5.73 Å². The van der Waals surface area contributed by atoms with Crippen molar-refractivity contribution < 1.29 is 0 Å². The van der Waals surface area contributed by atoms with E-state index < -0.39 is 0 Å². The molecule has 0 spiro atoms. The molecule has 0 aliphatic carbocycles. The van der Waals surface area contributed by atoms with Crippen molar-refractivity contribution in [1.29, 1.82) is 0 Å². The van der Waals surface area contributed by atoms with Crippen LogP contribution in [0.4, 0.5) is 11.8 Å². The lowest BCUT2D eigenvalue weighted by molar-refractivity contribution is 1.22. The van der Waals surface area contributed by atoms with Gasteiger partial charge in [-0.25, -0.2) is 4.98 Å². The minimum absolute atomic E-state index is 0.280. The van der Waals surface area contributed by atoms with Crippen molar-refractivity contribution in [2.75, 3.05) is 24.4 Å². The Morgan fingerprint density at radius 1 is 1.05 bits per heavy atom. The van der Waals surface area contributed by atoms with Gasteiger partial charge < -0.3 is 11.1 Å². The zero-order valence-electron chi connectivity index (χ0n) is 11.9. The summed E-state index contributed by atoms with van der Waals surface area (Å²) in [5.41, 5.74) is 8.91. The molecule has 5 heteroatoms. The molecule has 4 nitrogen and oxygen atoms in total. The van der Waals surface area contributed by atoms with Crippen LogP contribution in [0, 0.1) is 0 Å². The Morgan fingerprint density at radius 3 is 2.62 bits per heavy atom. The van der Waals surface area contributed by atoms with E-state index >= 15 is 0 Å². The van der Waals surface area contributed by atoms with E-state index in [1.807, 2.05) is 19.2 Å². The molecule has 0 saturated carbocycles. The van der Waals surface area contributed by atoms with Crippen molar-refractivity contribution in [1.82, 2.24) is 9.97 Å². The van der Waals surface area contributed by atoms with Crippen molar-refractivity contribution in [2.45, 2.75) is 4.90 Å². The first-order chi connectivity index (χ1) is 10.2. The zero-order chi connectivity index (χ0) is 14.8. The second-order valence-electron chi connectivity index (χ2n) is 4.64. The van der Waals surface area contributed by atoms with Crippen LogP contribution in [0.3, 0.4) is 0 Å². The van der Waals surface area contributed by atoms with E-state index in [-0.39, 0.29) is 5.95 Å². The van der Waals surface area contributed by atoms with Gasteiger partial charge in [0, 0.05) is 17.3 Å². The second kappa shape index (κ2) is 5.61. The van der Waals surface area contributed by atoms with Gasteiger partial charge in [0.15, 0.2) is 0 Å². The Balaban J connectivity index is 2.16. The Morgan fingerprint density at radius 2 is 1.86 bits per heavy atom. The number of nitrogens with one attached hydrogen (secondary N) is 1. The number of nitrogens with zero attached hydrogens (tertiary/aromatic N) is 2. The molecule has 21 heavy (non-hydrogen) atoms. The summed E-state index contributed by atoms with van der Waals surface area (Å²) >= 11 is 1.73. The molecular formula is C16H16N4S. The summed E-state index contributed by atoms with van der Waals surface area (Å²) < 4.78 is 0. The maximum absolute atomic E-state index is 5.77. The molecule has 3 N–H and O–H groups in total. The third kappa shape index (κ3) is 2.64. The van der Waals surface area contributed by atoms with Crippen molar-refractivity contribution in [3.05, 3.63) is 42.5 Å². The first-order valence-electron chi connectivity index (χ1n) is 6.60. The van der Waals surface area contributed by atoms with E-state index in [2.05, 4.69) is 51.9 Å². The fraction of sp³-hybridized carbons (Fsp3) is 0.125. The van der Waals surface area contributed by atoms with E-state index in [0.717, 1.165) is 22.3 Å². The third-order valence-electron chi connectivity index (χ3n) is 3.35. The topological polar surface area (TPSA) is 63.8 Å². The van der Waals surface area contributed by atoms with Crippen LogP contribution in [0.25, 0.3) is 22.0 Å². The summed E-state index contributed by atoms with van der Waals surface area (Å²) in [6.07, 6.45) is 2.08. The quantitative estimate of drug-likeness (QED) is 0.722. The number of hydrogen-bond donors (Lipinski definition) is 2. The Kier molecular flexibility index (Phi) is 3.66. The number of thioether (sulfide) groups is 1. The minimum Gasteiger partial charge on any atom is -0.372 e. The number of aromatic nitrogens is 2. The molecule has 0 atom stereocenters. The van der Waals surface area contributed by atoms with Gasteiger partial charge in [-0.05, 0) is 41.6 Å². The van der Waals surface area contributed by atoms with E-state index in [1.165, 1.54) is 10.5 Å². The lowest BCUT2D eigenvalue weighted by atomic mass is 10.0. The van der Waals surface area contributed by atoms with Gasteiger partial charge >= 0.3 is 0 Å². The van der Waals surface area contributed by atoms with E-state index in [0.29, 0.717) is 0 Å². The van der Waals surface area contributed by atoms with Gasteiger partial charge in [-0.3, -0.25) is 0 Å². The zero-order valence-corrected chi connectivity index (χ0v) is 12.7. The predicted octanol–water partition coefficient (Wildman–Crippen LogP) is 3.64. The molecule has 3 rings (SSSR count). The Hall–Kier alpha value is -2.27. The fourth-order valence-corrected chi connectivity index (χ4v) is 2.78. The number of rotatable bonds is 3. The molecule has 3 aromatic rings. The summed E-state index contributed by atoms with van der Waals surface area (Å²) in [6.45, 7) is 0. The lowest BCUT2D eigenvalue weighted by Crippen LogP contribution is -2.01. The van der Waals surface area contributed by atoms with Gasteiger partial charge in [-0.2, -0.15) is 4.98 Å². The van der Waals surface area contributed by atoms with Crippen LogP contribution >= 0.6 is 11.8 Å². The van der Waals surface area contributed by atoms with Crippen LogP contribution in [-0.4, -0.2) is 23.3 Å². The smallest absolute Gasteiger partial charge is 0.222 e. The average molecular weight is 296 g/mol. The Labute approximate surface area is 127 Å². The summed E-state index contributed by atoms with van der Waals surface area (Å²) in [5.74, 6) is 1.03. The number of anilines is 2. The third-order valence-corrected chi connectivity index (χ3v) is 4.08. The fourth-order valence-electron chi connectivity index (χ4n) is 2.32. The van der Waals surface area contributed by atoms with Crippen molar-refractivity contribution in [2.24, 2.45) is 0 Å². The molecule has 1 heterocycles. The summed E-state index contributed by atoms with van der Waals surface area (Å²) in [5, 5.41) is 4.02. The number of hydrogen-bond acceptors (Lipinski definition) is 5. The van der Waals surface area contributed by atoms with Gasteiger partial charge in [0.1, 0.15) is 5.82 Å². The Bertz CT molecular complexity index is 801. The van der Waals surface area contributed by atoms with Crippen LogP contribution in [0.5, 0.6) is 0 Å². The standard InChI is InChI=1S/C16H16N4S/c1-18-15-13-7-6-11(9-14(13)19-16(17)20-15)10-4-3-5-12(8-10)21-2/h3-9H,1-2H3,(H3,17,18,19,20). The van der Waals surface area contributed by atoms with Gasteiger partial charge in [0.2, 0.25) is 5.95 Å². The molecule has 0 aliphatic rings. The lowest BCUT2D eigenvalue weighted by Gasteiger charge is -2.08. The second-order valence-corrected chi connectivity index (χ2v) is 5.52. The maximum atomic E-state index is 5.77. The SMILES string of the molecule is CNc1nc(N)nc2cc(-c3cccc(SC)c3)ccc12. The first kappa shape index (κ1) is 13.7. The van der Waals surface area contributed by atoms with Crippen molar-refractivity contribution in [3.63, 3.8) is 0 Å². The summed E-state index contributed by atoms with van der Waals surface area (Å²) in [6, 6.07) is 14.6. The molecule has 0 unspecified atom stereocenters. The summed E-state index contributed by atoms with van der Waals surface area (Å²) in [7, 11) is 1.83. The predicted molar refractivity (Wildman–Crippen MR) is 90.7 cm³/mol. The largest absolute Gasteiger partial charge is 0.372 e. The number of benzene rings is 2. The number of nitrogens with two attached hydrogens (primary N) is 1. The van der Waals surface area contributed by atoms with Gasteiger partial charge in [0.25, 0.3) is 0 Å². The molecule has 0 aliphatic heterocycles. The van der Waals surface area contributed by atoms with Crippen LogP contribution < -0.4 is 11.1 Å². The van der Waals surface area contributed by atoms with Gasteiger partial charge in [-0.1, -0.05) is 18.2 Å². The monoisotopic (exact) mass is 296 g/mol. The van der Waals surface area contributed by atoms with Crippen LogP contribution in [-0.2, 0) is 0 Å². The minimum atomic E-state index is 0.280.